The van der Waals surface area contributed by atoms with Gasteiger partial charge in [-0.25, -0.2) is 4.79 Å². The average Bonchev–Trinajstić information content (AvgIpc) is 2.52. The van der Waals surface area contributed by atoms with Crippen molar-refractivity contribution in [1.82, 2.24) is 0 Å². The fraction of sp³-hybridized carbons (Fsp3) is 0.167. The van der Waals surface area contributed by atoms with Crippen molar-refractivity contribution in [3.63, 3.8) is 0 Å². The van der Waals surface area contributed by atoms with E-state index in [1.165, 1.54) is 0 Å². The van der Waals surface area contributed by atoms with Crippen LogP contribution in [0.25, 0.3) is 6.08 Å². The summed E-state index contributed by atoms with van der Waals surface area (Å²) in [4.78, 5) is 11.0. The molecule has 3 heteroatoms. The van der Waals surface area contributed by atoms with Crippen LogP contribution in [0.1, 0.15) is 24.5 Å². The quantitative estimate of drug-likeness (QED) is 0.810. The van der Waals surface area contributed by atoms with Gasteiger partial charge in [0.25, 0.3) is 0 Å². The van der Waals surface area contributed by atoms with Crippen LogP contribution >= 0.6 is 0 Å². The van der Waals surface area contributed by atoms with Crippen molar-refractivity contribution in [2.75, 3.05) is 0 Å². The predicted molar refractivity (Wildman–Crippen MR) is 83.1 cm³/mol. The fourth-order valence-electron chi connectivity index (χ4n) is 1.92. The Morgan fingerprint density at radius 2 is 1.76 bits per heavy atom. The average molecular weight is 282 g/mol. The molecule has 0 atom stereocenters. The summed E-state index contributed by atoms with van der Waals surface area (Å²) < 4.78 is 5.69. The van der Waals surface area contributed by atoms with Crippen LogP contribution in [0, 0.1) is 0 Å². The van der Waals surface area contributed by atoms with Crippen LogP contribution < -0.4 is 4.74 Å². The van der Waals surface area contributed by atoms with Gasteiger partial charge in [0, 0.05) is 5.57 Å². The second-order valence-electron chi connectivity index (χ2n) is 4.67. The highest BCUT2D eigenvalue weighted by Gasteiger charge is 2.04. The summed E-state index contributed by atoms with van der Waals surface area (Å²) in [6.07, 6.45) is 2.19. The molecule has 0 saturated carbocycles. The molecule has 21 heavy (non-hydrogen) atoms. The number of carboxylic acid groups (broad SMARTS) is 1. The Morgan fingerprint density at radius 3 is 2.33 bits per heavy atom. The van der Waals surface area contributed by atoms with Crippen LogP contribution in [0.4, 0.5) is 0 Å². The molecule has 3 nitrogen and oxygen atoms in total. The van der Waals surface area contributed by atoms with Crippen molar-refractivity contribution in [2.45, 2.75) is 20.0 Å². The predicted octanol–water partition coefficient (Wildman–Crippen LogP) is 4.14. The van der Waals surface area contributed by atoms with Crippen LogP contribution in [-0.4, -0.2) is 11.1 Å². The number of hydrogen-bond acceptors (Lipinski definition) is 2. The lowest BCUT2D eigenvalue weighted by atomic mass is 10.1. The van der Waals surface area contributed by atoms with Crippen molar-refractivity contribution in [3.05, 3.63) is 71.3 Å². The van der Waals surface area contributed by atoms with E-state index in [4.69, 9.17) is 9.84 Å². The van der Waals surface area contributed by atoms with Crippen molar-refractivity contribution in [2.24, 2.45) is 0 Å². The van der Waals surface area contributed by atoms with Crippen LogP contribution in [0.5, 0.6) is 5.75 Å². The van der Waals surface area contributed by atoms with Crippen molar-refractivity contribution in [1.29, 1.82) is 0 Å². The number of benzene rings is 2. The van der Waals surface area contributed by atoms with E-state index in [0.717, 1.165) is 16.9 Å². The molecule has 0 amide bonds. The van der Waals surface area contributed by atoms with Crippen molar-refractivity contribution >= 4 is 12.0 Å². The molecule has 0 bridgehead atoms. The molecule has 0 aliphatic heterocycles. The van der Waals surface area contributed by atoms with Gasteiger partial charge in [-0.1, -0.05) is 49.4 Å². The van der Waals surface area contributed by atoms with Gasteiger partial charge in [0.15, 0.2) is 0 Å². The summed E-state index contributed by atoms with van der Waals surface area (Å²) in [6, 6.07) is 17.4. The summed E-state index contributed by atoms with van der Waals surface area (Å²) in [5.41, 5.74) is 2.37. The number of ether oxygens (including phenoxy) is 1. The van der Waals surface area contributed by atoms with Gasteiger partial charge in [0.1, 0.15) is 12.4 Å². The van der Waals surface area contributed by atoms with E-state index in [1.54, 1.807) is 6.08 Å². The van der Waals surface area contributed by atoms with Crippen LogP contribution in [0.2, 0.25) is 0 Å². The maximum atomic E-state index is 11.0. The van der Waals surface area contributed by atoms with Gasteiger partial charge in [-0.3, -0.25) is 0 Å². The van der Waals surface area contributed by atoms with Crippen molar-refractivity contribution in [3.8, 4) is 5.75 Å². The molecule has 108 valence electrons. The molecule has 0 aromatic heterocycles. The minimum atomic E-state index is -0.873. The van der Waals surface area contributed by atoms with Crippen LogP contribution in [0.3, 0.4) is 0 Å². The molecule has 1 N–H and O–H groups in total. The van der Waals surface area contributed by atoms with E-state index in [9.17, 15) is 4.79 Å². The SMILES string of the molecule is CC/C(=C/c1ccc(OCc2ccccc2)cc1)C(=O)O. The molecule has 0 aliphatic rings. The van der Waals surface area contributed by atoms with Crippen molar-refractivity contribution < 1.29 is 14.6 Å². The Balaban J connectivity index is 2.00. The lowest BCUT2D eigenvalue weighted by Crippen LogP contribution is -1.98. The Morgan fingerprint density at radius 1 is 1.10 bits per heavy atom. The molecule has 2 aromatic rings. The number of rotatable bonds is 6. The molecule has 0 heterocycles. The third-order valence-electron chi connectivity index (χ3n) is 3.12. The van der Waals surface area contributed by atoms with E-state index in [1.807, 2.05) is 61.5 Å². The summed E-state index contributed by atoms with van der Waals surface area (Å²) >= 11 is 0. The Bertz CT molecular complexity index is 613. The minimum Gasteiger partial charge on any atom is -0.489 e. The van der Waals surface area contributed by atoms with Gasteiger partial charge >= 0.3 is 5.97 Å². The van der Waals surface area contributed by atoms with Gasteiger partial charge in [0.2, 0.25) is 0 Å². The monoisotopic (exact) mass is 282 g/mol. The van der Waals surface area contributed by atoms with Gasteiger partial charge in [-0.2, -0.15) is 0 Å². The van der Waals surface area contributed by atoms with E-state index < -0.39 is 5.97 Å². The topological polar surface area (TPSA) is 46.5 Å². The zero-order valence-electron chi connectivity index (χ0n) is 12.0. The second-order valence-corrected chi connectivity index (χ2v) is 4.67. The number of carboxylic acids is 1. The summed E-state index contributed by atoms with van der Waals surface area (Å²) in [7, 11) is 0. The van der Waals surface area contributed by atoms with Gasteiger partial charge < -0.3 is 9.84 Å². The summed E-state index contributed by atoms with van der Waals surface area (Å²) in [6.45, 7) is 2.35. The first kappa shape index (κ1) is 14.9. The molecule has 2 rings (SSSR count). The maximum absolute atomic E-state index is 11.0. The summed E-state index contributed by atoms with van der Waals surface area (Å²) in [5, 5.41) is 9.01. The Labute approximate surface area is 124 Å². The van der Waals surface area contributed by atoms with Gasteiger partial charge in [-0.05, 0) is 35.8 Å². The zero-order valence-corrected chi connectivity index (χ0v) is 12.0. The number of aliphatic carboxylic acids is 1. The molecule has 0 fully saturated rings. The van der Waals surface area contributed by atoms with E-state index in [-0.39, 0.29) is 0 Å². The Hall–Kier alpha value is -2.55. The number of carbonyl (C=O) groups is 1. The van der Waals surface area contributed by atoms with Gasteiger partial charge in [-0.15, -0.1) is 0 Å². The minimum absolute atomic E-state index is 0.396. The maximum Gasteiger partial charge on any atom is 0.331 e. The second kappa shape index (κ2) is 7.29. The van der Waals surface area contributed by atoms with Crippen LogP contribution in [-0.2, 0) is 11.4 Å². The standard InChI is InChI=1S/C18H18O3/c1-2-16(18(19)20)12-14-8-10-17(11-9-14)21-13-15-6-4-3-5-7-15/h3-12H,2,13H2,1H3,(H,19,20)/b16-12-. The zero-order chi connectivity index (χ0) is 15.1. The van der Waals surface area contributed by atoms with Gasteiger partial charge in [0.05, 0.1) is 0 Å². The molecule has 0 saturated heterocycles. The summed E-state index contributed by atoms with van der Waals surface area (Å²) in [5.74, 6) is -0.105. The molecule has 2 aromatic carbocycles. The first-order chi connectivity index (χ1) is 10.2. The lowest BCUT2D eigenvalue weighted by molar-refractivity contribution is -0.132. The highest BCUT2D eigenvalue weighted by Crippen LogP contribution is 2.17. The molecule has 0 radical (unpaired) electrons. The largest absolute Gasteiger partial charge is 0.489 e. The first-order valence-corrected chi connectivity index (χ1v) is 6.89. The Kier molecular flexibility index (Phi) is 5.16. The normalized spacial score (nSPS) is 11.2. The molecule has 0 unspecified atom stereocenters. The highest BCUT2D eigenvalue weighted by molar-refractivity contribution is 5.92. The first-order valence-electron chi connectivity index (χ1n) is 6.89. The van der Waals surface area contributed by atoms with Crippen LogP contribution in [0.15, 0.2) is 60.2 Å². The molecular weight excluding hydrogens is 264 g/mol. The fourth-order valence-corrected chi connectivity index (χ4v) is 1.92. The highest BCUT2D eigenvalue weighted by atomic mass is 16.5. The number of hydrogen-bond donors (Lipinski definition) is 1. The van der Waals surface area contributed by atoms with E-state index in [2.05, 4.69) is 0 Å². The molecular formula is C18H18O3. The van der Waals surface area contributed by atoms with E-state index in [0.29, 0.717) is 18.6 Å². The third-order valence-corrected chi connectivity index (χ3v) is 3.12. The smallest absolute Gasteiger partial charge is 0.331 e. The third kappa shape index (κ3) is 4.49. The molecule has 0 aliphatic carbocycles. The van der Waals surface area contributed by atoms with E-state index >= 15 is 0 Å². The molecule has 0 spiro atoms. The lowest BCUT2D eigenvalue weighted by Gasteiger charge is -2.06.